The lowest BCUT2D eigenvalue weighted by atomic mass is 10.1. The number of amides is 4. The van der Waals surface area contributed by atoms with Crippen molar-refractivity contribution in [3.05, 3.63) is 0 Å². The van der Waals surface area contributed by atoms with Gasteiger partial charge in [-0.15, -0.1) is 0 Å². The fourth-order valence-corrected chi connectivity index (χ4v) is 2.68. The molecule has 8 N–H and O–H groups in total. The number of carboxylic acid groups (broad SMARTS) is 1. The zero-order valence-electron chi connectivity index (χ0n) is 15.6. The van der Waals surface area contributed by atoms with E-state index in [0.29, 0.717) is 5.75 Å². The Hall–Kier alpha value is -1.99. The van der Waals surface area contributed by atoms with Crippen molar-refractivity contribution in [3.8, 4) is 0 Å². The Morgan fingerprint density at radius 2 is 1.50 bits per heavy atom. The molecular weight excluding hydrogens is 410 g/mol. The molecule has 0 aliphatic rings. The fraction of sp³-hybridized carbons (Fsp3) is 0.667. The zero-order valence-corrected chi connectivity index (χ0v) is 17.3. The molecule has 0 heterocycles. The van der Waals surface area contributed by atoms with E-state index < -0.39 is 60.2 Å². The second-order valence-electron chi connectivity index (χ2n) is 5.94. The van der Waals surface area contributed by atoms with Crippen molar-refractivity contribution < 1.29 is 29.1 Å². The standard InChI is InChI=1S/C15H27N5O6S2/c1-7(16)12(22)20-10(6-27)14(24)18-8(3-4-28-2)13(23)19-9(15(25)26)5-11(17)21/h7-10,27H,3-6,16H2,1-2H3,(H2,17,21)(H,18,24)(H,19,23)(H,20,22)(H,25,26). The summed E-state index contributed by atoms with van der Waals surface area (Å²) >= 11 is 5.43. The van der Waals surface area contributed by atoms with E-state index in [-0.39, 0.29) is 12.2 Å². The summed E-state index contributed by atoms with van der Waals surface area (Å²) in [6.07, 6.45) is 1.40. The number of hydrogen-bond donors (Lipinski definition) is 7. The molecule has 0 rings (SSSR count). The average Bonchev–Trinajstić information content (AvgIpc) is 2.61. The highest BCUT2D eigenvalue weighted by Gasteiger charge is 2.29. The van der Waals surface area contributed by atoms with E-state index in [1.807, 2.05) is 0 Å². The molecule has 11 nitrogen and oxygen atoms in total. The van der Waals surface area contributed by atoms with Crippen LogP contribution in [-0.4, -0.2) is 76.6 Å². The second kappa shape index (κ2) is 13.2. The van der Waals surface area contributed by atoms with Crippen molar-refractivity contribution in [2.45, 2.75) is 43.9 Å². The topological polar surface area (TPSA) is 194 Å². The van der Waals surface area contributed by atoms with Crippen molar-refractivity contribution in [1.29, 1.82) is 0 Å². The van der Waals surface area contributed by atoms with Gasteiger partial charge in [0.25, 0.3) is 0 Å². The van der Waals surface area contributed by atoms with E-state index in [1.165, 1.54) is 18.7 Å². The molecule has 0 aliphatic heterocycles. The third-order valence-corrected chi connectivity index (χ3v) is 4.50. The maximum atomic E-state index is 12.4. The van der Waals surface area contributed by atoms with Gasteiger partial charge in [0.1, 0.15) is 18.1 Å². The van der Waals surface area contributed by atoms with Gasteiger partial charge in [-0.2, -0.15) is 24.4 Å². The van der Waals surface area contributed by atoms with Crippen LogP contribution in [0.15, 0.2) is 0 Å². The highest BCUT2D eigenvalue weighted by Crippen LogP contribution is 2.04. The molecule has 0 saturated heterocycles. The molecule has 0 aromatic carbocycles. The Labute approximate surface area is 172 Å². The van der Waals surface area contributed by atoms with Crippen LogP contribution in [-0.2, 0) is 24.0 Å². The van der Waals surface area contributed by atoms with Gasteiger partial charge in [-0.3, -0.25) is 19.2 Å². The number of carbonyl (C=O) groups is 5. The lowest BCUT2D eigenvalue weighted by Crippen LogP contribution is -2.57. The number of rotatable bonds is 13. The van der Waals surface area contributed by atoms with Gasteiger partial charge in [0.15, 0.2) is 0 Å². The van der Waals surface area contributed by atoms with E-state index in [2.05, 4.69) is 28.6 Å². The first-order valence-electron chi connectivity index (χ1n) is 8.31. The van der Waals surface area contributed by atoms with Gasteiger partial charge in [-0.25, -0.2) is 4.79 Å². The molecule has 28 heavy (non-hydrogen) atoms. The molecule has 4 atom stereocenters. The number of primary amides is 1. The van der Waals surface area contributed by atoms with Gasteiger partial charge < -0.3 is 32.5 Å². The molecule has 0 aliphatic carbocycles. The highest BCUT2D eigenvalue weighted by atomic mass is 32.2. The van der Waals surface area contributed by atoms with E-state index >= 15 is 0 Å². The average molecular weight is 438 g/mol. The maximum absolute atomic E-state index is 12.4. The molecule has 4 amide bonds. The van der Waals surface area contributed by atoms with Gasteiger partial charge >= 0.3 is 5.97 Å². The fourth-order valence-electron chi connectivity index (χ4n) is 1.95. The van der Waals surface area contributed by atoms with Crippen LogP contribution in [0.25, 0.3) is 0 Å². The number of nitrogens with one attached hydrogen (secondary N) is 3. The number of nitrogens with two attached hydrogens (primary N) is 2. The maximum Gasteiger partial charge on any atom is 0.326 e. The van der Waals surface area contributed by atoms with Crippen molar-refractivity contribution in [1.82, 2.24) is 16.0 Å². The van der Waals surface area contributed by atoms with Crippen LogP contribution in [0.2, 0.25) is 0 Å². The summed E-state index contributed by atoms with van der Waals surface area (Å²) in [7, 11) is 0. The summed E-state index contributed by atoms with van der Waals surface area (Å²) in [6.45, 7) is 1.45. The molecule has 0 radical (unpaired) electrons. The lowest BCUT2D eigenvalue weighted by Gasteiger charge is -2.24. The summed E-state index contributed by atoms with van der Waals surface area (Å²) in [6, 6.07) is -4.47. The SMILES string of the molecule is CSCCC(NC(=O)C(CS)NC(=O)C(C)N)C(=O)NC(CC(N)=O)C(=O)O. The summed E-state index contributed by atoms with van der Waals surface area (Å²) in [5.41, 5.74) is 10.4. The zero-order chi connectivity index (χ0) is 21.9. The van der Waals surface area contributed by atoms with Crippen LogP contribution in [0.5, 0.6) is 0 Å². The minimum absolute atomic E-state index is 0.0411. The van der Waals surface area contributed by atoms with Crippen molar-refractivity contribution in [2.75, 3.05) is 17.8 Å². The first-order chi connectivity index (χ1) is 13.0. The summed E-state index contributed by atoms with van der Waals surface area (Å²) in [4.78, 5) is 58.7. The normalized spacial score (nSPS) is 14.9. The molecular formula is C15H27N5O6S2. The molecule has 13 heteroatoms. The first kappa shape index (κ1) is 26.0. The number of aliphatic carboxylic acids is 1. The van der Waals surface area contributed by atoms with Crippen molar-refractivity contribution in [2.24, 2.45) is 11.5 Å². The van der Waals surface area contributed by atoms with Gasteiger partial charge in [-0.1, -0.05) is 0 Å². The van der Waals surface area contributed by atoms with Gasteiger partial charge in [0, 0.05) is 5.75 Å². The molecule has 0 fully saturated rings. The number of hydrogen-bond acceptors (Lipinski definition) is 8. The van der Waals surface area contributed by atoms with E-state index in [1.54, 1.807) is 6.26 Å². The Balaban J connectivity index is 5.19. The molecule has 0 spiro atoms. The van der Waals surface area contributed by atoms with E-state index in [9.17, 15) is 24.0 Å². The predicted molar refractivity (Wildman–Crippen MR) is 108 cm³/mol. The molecule has 160 valence electrons. The third-order valence-electron chi connectivity index (χ3n) is 3.49. The van der Waals surface area contributed by atoms with Gasteiger partial charge in [-0.05, 0) is 25.4 Å². The number of carboxylic acids is 1. The summed E-state index contributed by atoms with van der Waals surface area (Å²) < 4.78 is 0. The summed E-state index contributed by atoms with van der Waals surface area (Å²) in [5.74, 6) is -3.90. The van der Waals surface area contributed by atoms with Gasteiger partial charge in [0.05, 0.1) is 12.5 Å². The number of thioether (sulfide) groups is 1. The second-order valence-corrected chi connectivity index (χ2v) is 7.30. The smallest absolute Gasteiger partial charge is 0.326 e. The minimum Gasteiger partial charge on any atom is -0.480 e. The molecule has 0 saturated carbocycles. The highest BCUT2D eigenvalue weighted by molar-refractivity contribution is 7.98. The number of carbonyl (C=O) groups excluding carboxylic acids is 4. The van der Waals surface area contributed by atoms with E-state index in [4.69, 9.17) is 16.6 Å². The molecule has 4 unspecified atom stereocenters. The summed E-state index contributed by atoms with van der Waals surface area (Å²) in [5, 5.41) is 16.2. The molecule has 0 aromatic heterocycles. The van der Waals surface area contributed by atoms with Crippen LogP contribution >= 0.6 is 24.4 Å². The van der Waals surface area contributed by atoms with Crippen LogP contribution < -0.4 is 27.4 Å². The van der Waals surface area contributed by atoms with Crippen LogP contribution in [0.1, 0.15) is 19.8 Å². The first-order valence-corrected chi connectivity index (χ1v) is 10.3. The quantitative estimate of drug-likeness (QED) is 0.153. The largest absolute Gasteiger partial charge is 0.480 e. The lowest BCUT2D eigenvalue weighted by molar-refractivity contribution is -0.143. The van der Waals surface area contributed by atoms with E-state index in [0.717, 1.165) is 0 Å². The minimum atomic E-state index is -1.52. The van der Waals surface area contributed by atoms with Crippen LogP contribution in [0.3, 0.4) is 0 Å². The number of thiol groups is 1. The van der Waals surface area contributed by atoms with Crippen LogP contribution in [0.4, 0.5) is 0 Å². The van der Waals surface area contributed by atoms with Crippen molar-refractivity contribution in [3.63, 3.8) is 0 Å². The van der Waals surface area contributed by atoms with Crippen molar-refractivity contribution >= 4 is 54.0 Å². The third kappa shape index (κ3) is 9.80. The Kier molecular flexibility index (Phi) is 12.3. The van der Waals surface area contributed by atoms with Gasteiger partial charge in [0.2, 0.25) is 23.6 Å². The Morgan fingerprint density at radius 3 is 1.93 bits per heavy atom. The monoisotopic (exact) mass is 437 g/mol. The Bertz CT molecular complexity index is 589. The predicted octanol–water partition coefficient (Wildman–Crippen LogP) is -2.57. The Morgan fingerprint density at radius 1 is 1.00 bits per heavy atom. The van der Waals surface area contributed by atoms with Crippen LogP contribution in [0, 0.1) is 0 Å². The molecule has 0 aromatic rings. The molecule has 0 bridgehead atoms.